The van der Waals surface area contributed by atoms with E-state index in [-0.39, 0.29) is 43.1 Å². The zero-order valence-electron chi connectivity index (χ0n) is 14.8. The minimum absolute atomic E-state index is 0.00549. The van der Waals surface area contributed by atoms with Gasteiger partial charge in [0.1, 0.15) is 24.6 Å². The van der Waals surface area contributed by atoms with Gasteiger partial charge in [0.15, 0.2) is 0 Å². The molecule has 2 heterocycles. The molecule has 0 aromatic heterocycles. The molecule has 0 radical (unpaired) electrons. The average Bonchev–Trinajstić information content (AvgIpc) is 3.07. The molecule has 0 aliphatic carbocycles. The molecule has 2 saturated heterocycles. The van der Waals surface area contributed by atoms with Gasteiger partial charge < -0.3 is 10.2 Å². The number of nitrogens with one attached hydrogen (secondary N) is 1. The molecule has 1 N–H and O–H groups in total. The molecule has 25 heavy (non-hydrogen) atoms. The van der Waals surface area contributed by atoms with Gasteiger partial charge in [0.05, 0.1) is 10.9 Å². The Morgan fingerprint density at radius 1 is 1.20 bits per heavy atom. The second-order valence-corrected chi connectivity index (χ2v) is 8.23. The van der Waals surface area contributed by atoms with Gasteiger partial charge in [-0.1, -0.05) is 0 Å². The molecule has 2 fully saturated rings. The number of allylic oxidation sites excluding steroid dienone is 1. The van der Waals surface area contributed by atoms with Crippen LogP contribution in [0.1, 0.15) is 26.7 Å². The van der Waals surface area contributed by atoms with Crippen LogP contribution in [0, 0.1) is 0 Å². The lowest BCUT2D eigenvalue weighted by Crippen LogP contribution is -2.33. The van der Waals surface area contributed by atoms with Crippen molar-refractivity contribution in [3.63, 3.8) is 0 Å². The fourth-order valence-corrected chi connectivity index (χ4v) is 5.40. The summed E-state index contributed by atoms with van der Waals surface area (Å²) in [5.41, 5.74) is 0. The Bertz CT molecular complexity index is 529. The van der Waals surface area contributed by atoms with Crippen molar-refractivity contribution in [3.05, 3.63) is 12.2 Å². The van der Waals surface area contributed by atoms with E-state index in [0.717, 1.165) is 6.08 Å². The fraction of sp³-hybridized carbons (Fsp3) is 0.688. The molecule has 0 aromatic rings. The molecule has 8 nitrogen and oxygen atoms in total. The molecular formula is C16H26N2O6S. The molecule has 2 aliphatic rings. The Kier molecular flexibility index (Phi) is 7.00. The van der Waals surface area contributed by atoms with Crippen molar-refractivity contribution in [2.24, 2.45) is 0 Å². The van der Waals surface area contributed by atoms with Crippen LogP contribution < -0.4 is 5.32 Å². The van der Waals surface area contributed by atoms with Crippen LogP contribution in [-0.4, -0.2) is 67.2 Å². The number of amides is 2. The van der Waals surface area contributed by atoms with E-state index in [2.05, 4.69) is 5.32 Å². The molecule has 2 aliphatic heterocycles. The average molecular weight is 374 g/mol. The first kappa shape index (κ1) is 19.9. The summed E-state index contributed by atoms with van der Waals surface area (Å²) in [6, 6.07) is 0. The highest BCUT2D eigenvalue weighted by Gasteiger charge is 2.53. The van der Waals surface area contributed by atoms with Crippen molar-refractivity contribution in [2.45, 2.75) is 45.0 Å². The number of likely N-dealkylation sites (N-methyl/N-ethyl adjacent to an activating group) is 1. The summed E-state index contributed by atoms with van der Waals surface area (Å²) < 4.78 is 17.5. The Balaban J connectivity index is 1.61. The summed E-state index contributed by atoms with van der Waals surface area (Å²) in [6.45, 7) is 4.76. The van der Waals surface area contributed by atoms with Gasteiger partial charge in [-0.2, -0.15) is 0 Å². The zero-order valence-corrected chi connectivity index (χ0v) is 15.6. The maximum atomic E-state index is 11.8. The molecule has 2 unspecified atom stereocenters. The molecule has 0 spiro atoms. The first-order chi connectivity index (χ1) is 11.9. The van der Waals surface area contributed by atoms with E-state index in [0.29, 0.717) is 25.0 Å². The third-order valence-electron chi connectivity index (χ3n) is 4.04. The first-order valence-corrected chi connectivity index (χ1v) is 9.94. The maximum absolute atomic E-state index is 11.8. The van der Waals surface area contributed by atoms with Crippen molar-refractivity contribution >= 4 is 29.0 Å². The summed E-state index contributed by atoms with van der Waals surface area (Å²) in [6.07, 6.45) is 3.85. The van der Waals surface area contributed by atoms with Crippen molar-refractivity contribution < 1.29 is 26.9 Å². The SMILES string of the molecule is CC1OS2(CCCNC(=O)CCN(C)C(=O)/C=C\C=O)OC(C)C1O2. The normalized spacial score (nSPS) is 33.2. The van der Waals surface area contributed by atoms with Crippen LogP contribution in [0.25, 0.3) is 0 Å². The smallest absolute Gasteiger partial charge is 0.246 e. The van der Waals surface area contributed by atoms with Crippen LogP contribution >= 0.6 is 10.9 Å². The number of nitrogens with zero attached hydrogens (tertiary/aromatic N) is 1. The number of rotatable bonds is 9. The quantitative estimate of drug-likeness (QED) is 0.366. The third-order valence-corrected chi connectivity index (χ3v) is 6.54. The standard InChI is InChI=1S/C16H26N2O6S/c1-12-16-13(2)23-25(22-12,24-16)11-5-8-17-14(20)7-9-18(3)15(21)6-4-10-19/h4,6,10,12-13,16H,5,7-9,11H2,1-3H3,(H,17,20)/b6-4-. The molecule has 2 amide bonds. The molecule has 9 heteroatoms. The number of carbonyl (C=O) groups excluding carboxylic acids is 3. The monoisotopic (exact) mass is 374 g/mol. The molecule has 0 aromatic carbocycles. The topological polar surface area (TPSA) is 94.2 Å². The van der Waals surface area contributed by atoms with Gasteiger partial charge in [-0.05, 0) is 26.3 Å². The Labute approximate surface area is 149 Å². The molecular weight excluding hydrogens is 348 g/mol. The van der Waals surface area contributed by atoms with Gasteiger partial charge in [0.25, 0.3) is 0 Å². The summed E-state index contributed by atoms with van der Waals surface area (Å²) in [5, 5.41) is 2.82. The lowest BCUT2D eigenvalue weighted by molar-refractivity contribution is -0.126. The fourth-order valence-electron chi connectivity index (χ4n) is 2.69. The van der Waals surface area contributed by atoms with Crippen LogP contribution in [0.15, 0.2) is 12.2 Å². The number of aldehydes is 1. The van der Waals surface area contributed by atoms with Gasteiger partial charge in [-0.15, -0.1) is 0 Å². The molecule has 0 saturated carbocycles. The van der Waals surface area contributed by atoms with Crippen molar-refractivity contribution in [1.82, 2.24) is 10.2 Å². The summed E-state index contributed by atoms with van der Waals surface area (Å²) >= 11 is 0. The predicted molar refractivity (Wildman–Crippen MR) is 93.5 cm³/mol. The molecule has 2 atom stereocenters. The summed E-state index contributed by atoms with van der Waals surface area (Å²) in [7, 11) is -0.326. The maximum Gasteiger partial charge on any atom is 0.246 e. The zero-order chi connectivity index (χ0) is 18.4. The molecule has 2 rings (SSSR count). The van der Waals surface area contributed by atoms with Crippen LogP contribution in [0.5, 0.6) is 0 Å². The Hall–Kier alpha value is -1.42. The lowest BCUT2D eigenvalue weighted by Gasteiger charge is -2.32. The van der Waals surface area contributed by atoms with Crippen LogP contribution in [0.4, 0.5) is 0 Å². The Morgan fingerprint density at radius 2 is 1.88 bits per heavy atom. The van der Waals surface area contributed by atoms with E-state index in [1.54, 1.807) is 7.05 Å². The largest absolute Gasteiger partial charge is 0.356 e. The van der Waals surface area contributed by atoms with E-state index in [4.69, 9.17) is 12.5 Å². The minimum atomic E-state index is -1.91. The van der Waals surface area contributed by atoms with E-state index < -0.39 is 10.9 Å². The van der Waals surface area contributed by atoms with Gasteiger partial charge in [0.2, 0.25) is 11.8 Å². The number of fused-ring (bicyclic) bond motifs is 2. The number of hydrogen-bond acceptors (Lipinski definition) is 6. The first-order valence-electron chi connectivity index (χ1n) is 8.36. The lowest BCUT2D eigenvalue weighted by atomic mass is 10.1. The van der Waals surface area contributed by atoms with Gasteiger partial charge >= 0.3 is 0 Å². The van der Waals surface area contributed by atoms with Crippen LogP contribution in [0.3, 0.4) is 0 Å². The third kappa shape index (κ3) is 5.27. The highest BCUT2D eigenvalue weighted by atomic mass is 32.3. The Morgan fingerprint density at radius 3 is 2.48 bits per heavy atom. The summed E-state index contributed by atoms with van der Waals surface area (Å²) in [4.78, 5) is 35.0. The minimum Gasteiger partial charge on any atom is -0.356 e. The second-order valence-electron chi connectivity index (χ2n) is 6.13. The van der Waals surface area contributed by atoms with E-state index in [1.807, 2.05) is 13.8 Å². The second kappa shape index (κ2) is 8.79. The van der Waals surface area contributed by atoms with Crippen LogP contribution in [-0.2, 0) is 26.9 Å². The highest BCUT2D eigenvalue weighted by molar-refractivity contribution is 8.22. The predicted octanol–water partition coefficient (Wildman–Crippen LogP) is 0.869. The van der Waals surface area contributed by atoms with Crippen LogP contribution in [0.2, 0.25) is 0 Å². The van der Waals surface area contributed by atoms with Crippen molar-refractivity contribution in [3.8, 4) is 0 Å². The van der Waals surface area contributed by atoms with Crippen molar-refractivity contribution in [1.29, 1.82) is 0 Å². The number of hydrogen-bond donors (Lipinski definition) is 1. The van der Waals surface area contributed by atoms with E-state index in [1.165, 1.54) is 11.0 Å². The van der Waals surface area contributed by atoms with E-state index in [9.17, 15) is 14.4 Å². The number of carbonyl (C=O) groups is 3. The molecule has 2 bridgehead atoms. The van der Waals surface area contributed by atoms with Gasteiger partial charge in [-0.3, -0.25) is 26.9 Å². The summed E-state index contributed by atoms with van der Waals surface area (Å²) in [5.74, 6) is 0.189. The molecule has 142 valence electrons. The van der Waals surface area contributed by atoms with Gasteiger partial charge in [0, 0.05) is 38.4 Å². The highest BCUT2D eigenvalue weighted by Crippen LogP contribution is 2.65. The van der Waals surface area contributed by atoms with Gasteiger partial charge in [-0.25, -0.2) is 0 Å². The van der Waals surface area contributed by atoms with E-state index >= 15 is 0 Å². The van der Waals surface area contributed by atoms with Crippen molar-refractivity contribution in [2.75, 3.05) is 25.9 Å².